The van der Waals surface area contributed by atoms with Crippen molar-refractivity contribution >= 4 is 0 Å². The molecule has 0 aromatic rings. The number of unbranched alkanes of at least 4 members (excludes halogenated alkanes) is 5. The summed E-state index contributed by atoms with van der Waals surface area (Å²) < 4.78 is 0. The molecule has 86 valence electrons. The molecule has 0 aliphatic heterocycles. The zero-order chi connectivity index (χ0) is 10.6. The van der Waals surface area contributed by atoms with Crippen molar-refractivity contribution in [2.24, 2.45) is 0 Å². The predicted molar refractivity (Wildman–Crippen MR) is 62.3 cm³/mol. The fourth-order valence-corrected chi connectivity index (χ4v) is 1.55. The molecule has 2 nitrogen and oxygen atoms in total. The van der Waals surface area contributed by atoms with Gasteiger partial charge in [-0.15, -0.1) is 0 Å². The third-order valence-electron chi connectivity index (χ3n) is 2.47. The Morgan fingerprint density at radius 2 is 1.57 bits per heavy atom. The number of aliphatic hydroxyl groups is 1. The van der Waals surface area contributed by atoms with Crippen molar-refractivity contribution in [2.45, 2.75) is 71.4 Å². The van der Waals surface area contributed by atoms with Gasteiger partial charge in [-0.05, 0) is 19.4 Å². The lowest BCUT2D eigenvalue weighted by Crippen LogP contribution is -2.29. The molecular formula is C12H27NO. The minimum Gasteiger partial charge on any atom is -0.379 e. The fraction of sp³-hybridized carbons (Fsp3) is 1.00. The van der Waals surface area contributed by atoms with Crippen molar-refractivity contribution in [1.29, 1.82) is 0 Å². The first-order valence-corrected chi connectivity index (χ1v) is 6.22. The maximum atomic E-state index is 9.38. The van der Waals surface area contributed by atoms with Gasteiger partial charge in [-0.2, -0.15) is 0 Å². The quantitative estimate of drug-likeness (QED) is 0.420. The van der Waals surface area contributed by atoms with Crippen LogP contribution in [0.25, 0.3) is 0 Å². The minimum absolute atomic E-state index is 0.282. The molecule has 0 saturated carbocycles. The van der Waals surface area contributed by atoms with Crippen LogP contribution in [0.3, 0.4) is 0 Å². The SMILES string of the molecule is CCCCCCCCNC(O)CCC. The van der Waals surface area contributed by atoms with E-state index in [-0.39, 0.29) is 6.23 Å². The number of aliphatic hydroxyl groups excluding tert-OH is 1. The van der Waals surface area contributed by atoms with Crippen molar-refractivity contribution in [3.05, 3.63) is 0 Å². The second-order valence-corrected chi connectivity index (χ2v) is 4.03. The average Bonchev–Trinajstić information content (AvgIpc) is 2.17. The lowest BCUT2D eigenvalue weighted by Gasteiger charge is -2.10. The molecule has 0 bridgehead atoms. The summed E-state index contributed by atoms with van der Waals surface area (Å²) in [7, 11) is 0. The van der Waals surface area contributed by atoms with E-state index in [9.17, 15) is 5.11 Å². The molecule has 2 heteroatoms. The van der Waals surface area contributed by atoms with Crippen LogP contribution in [0, 0.1) is 0 Å². The zero-order valence-corrected chi connectivity index (χ0v) is 9.89. The van der Waals surface area contributed by atoms with Crippen molar-refractivity contribution in [1.82, 2.24) is 5.32 Å². The lowest BCUT2D eigenvalue weighted by molar-refractivity contribution is 0.126. The van der Waals surface area contributed by atoms with Crippen LogP contribution in [-0.4, -0.2) is 17.9 Å². The smallest absolute Gasteiger partial charge is 0.104 e. The lowest BCUT2D eigenvalue weighted by atomic mass is 10.1. The minimum atomic E-state index is -0.282. The van der Waals surface area contributed by atoms with Crippen molar-refractivity contribution in [2.75, 3.05) is 6.54 Å². The van der Waals surface area contributed by atoms with E-state index in [2.05, 4.69) is 19.2 Å². The number of hydrogen-bond donors (Lipinski definition) is 2. The van der Waals surface area contributed by atoms with Crippen LogP contribution >= 0.6 is 0 Å². The van der Waals surface area contributed by atoms with Gasteiger partial charge in [0.2, 0.25) is 0 Å². The second kappa shape index (κ2) is 11.0. The van der Waals surface area contributed by atoms with Crippen LogP contribution in [0.1, 0.15) is 65.2 Å². The third-order valence-corrected chi connectivity index (χ3v) is 2.47. The van der Waals surface area contributed by atoms with Gasteiger partial charge in [0.1, 0.15) is 6.23 Å². The van der Waals surface area contributed by atoms with E-state index < -0.39 is 0 Å². The Labute approximate surface area is 89.1 Å². The van der Waals surface area contributed by atoms with Crippen LogP contribution < -0.4 is 5.32 Å². The molecule has 1 atom stereocenters. The molecule has 14 heavy (non-hydrogen) atoms. The first-order chi connectivity index (χ1) is 6.81. The summed E-state index contributed by atoms with van der Waals surface area (Å²) in [5.74, 6) is 0. The molecule has 0 saturated heterocycles. The molecule has 0 spiro atoms. The third kappa shape index (κ3) is 10.0. The van der Waals surface area contributed by atoms with Crippen LogP contribution in [0.15, 0.2) is 0 Å². The molecule has 0 amide bonds. The predicted octanol–water partition coefficient (Wildman–Crippen LogP) is 3.06. The molecule has 0 aliphatic carbocycles. The maximum absolute atomic E-state index is 9.38. The van der Waals surface area contributed by atoms with Gasteiger partial charge in [0.25, 0.3) is 0 Å². The number of nitrogens with one attached hydrogen (secondary N) is 1. The standard InChI is InChI=1S/C12H27NO/c1-3-5-6-7-8-9-11-13-12(14)10-4-2/h12-14H,3-11H2,1-2H3. The summed E-state index contributed by atoms with van der Waals surface area (Å²) in [5, 5.41) is 12.5. The van der Waals surface area contributed by atoms with E-state index in [1.54, 1.807) is 0 Å². The summed E-state index contributed by atoms with van der Waals surface area (Å²) in [4.78, 5) is 0. The normalized spacial score (nSPS) is 13.1. The Hall–Kier alpha value is -0.0800. The van der Waals surface area contributed by atoms with Gasteiger partial charge in [-0.1, -0.05) is 52.4 Å². The van der Waals surface area contributed by atoms with Gasteiger partial charge < -0.3 is 5.11 Å². The van der Waals surface area contributed by atoms with Crippen LogP contribution in [0.5, 0.6) is 0 Å². The van der Waals surface area contributed by atoms with E-state index >= 15 is 0 Å². The van der Waals surface area contributed by atoms with E-state index in [0.717, 1.165) is 19.4 Å². The van der Waals surface area contributed by atoms with Gasteiger partial charge in [0.15, 0.2) is 0 Å². The van der Waals surface area contributed by atoms with Gasteiger partial charge in [0, 0.05) is 0 Å². The highest BCUT2D eigenvalue weighted by Crippen LogP contribution is 2.04. The maximum Gasteiger partial charge on any atom is 0.104 e. The van der Waals surface area contributed by atoms with E-state index in [1.807, 2.05) is 0 Å². The Morgan fingerprint density at radius 3 is 2.21 bits per heavy atom. The summed E-state index contributed by atoms with van der Waals surface area (Å²) in [6.45, 7) is 5.30. The zero-order valence-electron chi connectivity index (χ0n) is 9.89. The summed E-state index contributed by atoms with van der Waals surface area (Å²) in [6, 6.07) is 0. The topological polar surface area (TPSA) is 32.3 Å². The highest BCUT2D eigenvalue weighted by atomic mass is 16.3. The van der Waals surface area contributed by atoms with Crippen LogP contribution in [0.4, 0.5) is 0 Å². The number of hydrogen-bond acceptors (Lipinski definition) is 2. The molecule has 2 N–H and O–H groups in total. The highest BCUT2D eigenvalue weighted by molar-refractivity contribution is 4.53. The molecule has 0 aromatic heterocycles. The summed E-state index contributed by atoms with van der Waals surface area (Å²) >= 11 is 0. The Kier molecular flexibility index (Phi) is 10.9. The van der Waals surface area contributed by atoms with Gasteiger partial charge >= 0.3 is 0 Å². The van der Waals surface area contributed by atoms with E-state index in [1.165, 1.54) is 38.5 Å². The van der Waals surface area contributed by atoms with Crippen molar-refractivity contribution in [3.63, 3.8) is 0 Å². The molecule has 0 heterocycles. The Balaban J connectivity index is 2.98. The van der Waals surface area contributed by atoms with Gasteiger partial charge in [-0.25, -0.2) is 0 Å². The second-order valence-electron chi connectivity index (χ2n) is 4.03. The largest absolute Gasteiger partial charge is 0.379 e. The first kappa shape index (κ1) is 13.9. The molecule has 0 aliphatic rings. The van der Waals surface area contributed by atoms with E-state index in [0.29, 0.717) is 0 Å². The molecular weight excluding hydrogens is 174 g/mol. The van der Waals surface area contributed by atoms with Crippen molar-refractivity contribution < 1.29 is 5.11 Å². The Bertz CT molecular complexity index is 106. The molecule has 1 unspecified atom stereocenters. The van der Waals surface area contributed by atoms with Crippen LogP contribution in [0.2, 0.25) is 0 Å². The van der Waals surface area contributed by atoms with Gasteiger partial charge in [-0.3, -0.25) is 5.32 Å². The first-order valence-electron chi connectivity index (χ1n) is 6.22. The van der Waals surface area contributed by atoms with Gasteiger partial charge in [0.05, 0.1) is 0 Å². The molecule has 0 radical (unpaired) electrons. The number of rotatable bonds is 10. The van der Waals surface area contributed by atoms with Crippen molar-refractivity contribution in [3.8, 4) is 0 Å². The Morgan fingerprint density at radius 1 is 0.929 bits per heavy atom. The molecule has 0 rings (SSSR count). The monoisotopic (exact) mass is 201 g/mol. The van der Waals surface area contributed by atoms with Crippen LogP contribution in [-0.2, 0) is 0 Å². The summed E-state index contributed by atoms with van der Waals surface area (Å²) in [6.07, 6.45) is 9.53. The average molecular weight is 201 g/mol. The molecule has 0 fully saturated rings. The summed E-state index contributed by atoms with van der Waals surface area (Å²) in [5.41, 5.74) is 0. The highest BCUT2D eigenvalue weighted by Gasteiger charge is 1.99. The fourth-order valence-electron chi connectivity index (χ4n) is 1.55. The van der Waals surface area contributed by atoms with E-state index in [4.69, 9.17) is 0 Å². The molecule has 0 aromatic carbocycles.